The van der Waals surface area contributed by atoms with Gasteiger partial charge >= 0.3 is 6.61 Å². The number of pyridine rings is 1. The van der Waals surface area contributed by atoms with Gasteiger partial charge in [0.15, 0.2) is 0 Å². The van der Waals surface area contributed by atoms with Gasteiger partial charge in [-0.2, -0.15) is 8.78 Å². The SMILES string of the molecule is O=C(Nc1cccc(OC(F)F)c1)c1cccnc1Oc1ccccc1. The third-order valence-electron chi connectivity index (χ3n) is 3.29. The van der Waals surface area contributed by atoms with E-state index in [2.05, 4.69) is 15.0 Å². The largest absolute Gasteiger partial charge is 0.438 e. The van der Waals surface area contributed by atoms with Crippen LogP contribution >= 0.6 is 0 Å². The van der Waals surface area contributed by atoms with Crippen molar-refractivity contribution in [2.75, 3.05) is 5.32 Å². The van der Waals surface area contributed by atoms with Crippen LogP contribution in [0.5, 0.6) is 17.4 Å². The average Bonchev–Trinajstić information content (AvgIpc) is 2.63. The molecular formula is C19H14F2N2O3. The second-order valence-electron chi connectivity index (χ2n) is 5.13. The number of nitrogens with one attached hydrogen (secondary N) is 1. The van der Waals surface area contributed by atoms with Crippen molar-refractivity contribution in [1.29, 1.82) is 0 Å². The summed E-state index contributed by atoms with van der Waals surface area (Å²) in [5.41, 5.74) is 0.513. The van der Waals surface area contributed by atoms with E-state index >= 15 is 0 Å². The number of nitrogens with zero attached hydrogens (tertiary/aromatic N) is 1. The number of benzene rings is 2. The molecule has 1 heterocycles. The average molecular weight is 356 g/mol. The van der Waals surface area contributed by atoms with Gasteiger partial charge in [0, 0.05) is 18.0 Å². The van der Waals surface area contributed by atoms with Gasteiger partial charge in [-0.1, -0.05) is 24.3 Å². The number of ether oxygens (including phenoxy) is 2. The topological polar surface area (TPSA) is 60.5 Å². The molecule has 0 radical (unpaired) electrons. The molecule has 0 unspecified atom stereocenters. The van der Waals surface area contributed by atoms with E-state index in [0.29, 0.717) is 11.4 Å². The maximum atomic E-state index is 12.5. The number of carbonyl (C=O) groups is 1. The number of hydrogen-bond donors (Lipinski definition) is 1. The highest BCUT2D eigenvalue weighted by Crippen LogP contribution is 2.24. The van der Waals surface area contributed by atoms with Gasteiger partial charge in [-0.3, -0.25) is 4.79 Å². The normalized spacial score (nSPS) is 10.4. The first-order chi connectivity index (χ1) is 12.6. The molecule has 0 atom stereocenters. The molecule has 5 nitrogen and oxygen atoms in total. The van der Waals surface area contributed by atoms with E-state index in [4.69, 9.17) is 4.74 Å². The van der Waals surface area contributed by atoms with Gasteiger partial charge < -0.3 is 14.8 Å². The molecule has 2 aromatic carbocycles. The Kier molecular flexibility index (Phi) is 5.38. The molecule has 0 aliphatic carbocycles. The highest BCUT2D eigenvalue weighted by Gasteiger charge is 2.15. The molecule has 0 aliphatic heterocycles. The number of anilines is 1. The number of hydrogen-bond acceptors (Lipinski definition) is 4. The predicted molar refractivity (Wildman–Crippen MR) is 91.8 cm³/mol. The molecule has 3 rings (SSSR count). The Hall–Kier alpha value is -3.48. The smallest absolute Gasteiger partial charge is 0.387 e. The van der Waals surface area contributed by atoms with Crippen molar-refractivity contribution < 1.29 is 23.0 Å². The van der Waals surface area contributed by atoms with Crippen LogP contribution in [0.4, 0.5) is 14.5 Å². The van der Waals surface area contributed by atoms with Crippen molar-refractivity contribution in [3.63, 3.8) is 0 Å². The number of carbonyl (C=O) groups excluding carboxylic acids is 1. The molecule has 3 aromatic rings. The first kappa shape index (κ1) is 17.3. The molecule has 1 N–H and O–H groups in total. The minimum absolute atomic E-state index is 0.0512. The van der Waals surface area contributed by atoms with Gasteiger partial charge in [0.25, 0.3) is 5.91 Å². The molecule has 0 saturated heterocycles. The van der Waals surface area contributed by atoms with Crippen molar-refractivity contribution in [2.24, 2.45) is 0 Å². The predicted octanol–water partition coefficient (Wildman–Crippen LogP) is 4.73. The van der Waals surface area contributed by atoms with Crippen molar-refractivity contribution in [3.8, 4) is 17.4 Å². The van der Waals surface area contributed by atoms with E-state index in [1.807, 2.05) is 6.07 Å². The lowest BCUT2D eigenvalue weighted by atomic mass is 10.2. The first-order valence-electron chi connectivity index (χ1n) is 7.66. The Morgan fingerprint density at radius 3 is 2.50 bits per heavy atom. The number of amides is 1. The first-order valence-corrected chi connectivity index (χ1v) is 7.66. The van der Waals surface area contributed by atoms with Crippen molar-refractivity contribution >= 4 is 11.6 Å². The summed E-state index contributed by atoms with van der Waals surface area (Å²) in [6.45, 7) is -2.94. The molecule has 132 valence electrons. The highest BCUT2D eigenvalue weighted by molar-refractivity contribution is 6.05. The van der Waals surface area contributed by atoms with Crippen LogP contribution in [0.3, 0.4) is 0 Å². The second-order valence-corrected chi connectivity index (χ2v) is 5.13. The van der Waals surface area contributed by atoms with Crippen LogP contribution < -0.4 is 14.8 Å². The zero-order chi connectivity index (χ0) is 18.4. The number of para-hydroxylation sites is 1. The lowest BCUT2D eigenvalue weighted by Crippen LogP contribution is -2.13. The Balaban J connectivity index is 1.78. The van der Waals surface area contributed by atoms with E-state index in [0.717, 1.165) is 0 Å². The third kappa shape index (κ3) is 4.54. The van der Waals surface area contributed by atoms with Gasteiger partial charge in [-0.05, 0) is 36.4 Å². The van der Waals surface area contributed by atoms with Crippen LogP contribution in [-0.4, -0.2) is 17.5 Å². The van der Waals surface area contributed by atoms with Crippen molar-refractivity contribution in [2.45, 2.75) is 6.61 Å². The lowest BCUT2D eigenvalue weighted by molar-refractivity contribution is -0.0497. The fraction of sp³-hybridized carbons (Fsp3) is 0.0526. The molecule has 0 bridgehead atoms. The molecule has 26 heavy (non-hydrogen) atoms. The van der Waals surface area contributed by atoms with E-state index in [1.165, 1.54) is 24.4 Å². The summed E-state index contributed by atoms with van der Waals surface area (Å²) in [6.07, 6.45) is 1.51. The number of rotatable bonds is 6. The van der Waals surface area contributed by atoms with Crippen LogP contribution in [-0.2, 0) is 0 Å². The molecule has 1 amide bonds. The lowest BCUT2D eigenvalue weighted by Gasteiger charge is -2.11. The Morgan fingerprint density at radius 1 is 0.962 bits per heavy atom. The number of halogens is 2. The molecule has 7 heteroatoms. The summed E-state index contributed by atoms with van der Waals surface area (Å²) in [6, 6.07) is 17.8. The van der Waals surface area contributed by atoms with E-state index < -0.39 is 12.5 Å². The standard InChI is InChI=1S/C19H14F2N2O3/c20-19(21)26-15-9-4-6-13(12-15)23-17(24)16-10-5-11-22-18(16)25-14-7-2-1-3-8-14/h1-12,19H,(H,23,24). The fourth-order valence-electron chi connectivity index (χ4n) is 2.19. The third-order valence-corrected chi connectivity index (χ3v) is 3.29. The summed E-state index contributed by atoms with van der Waals surface area (Å²) >= 11 is 0. The van der Waals surface area contributed by atoms with Gasteiger partial charge in [-0.15, -0.1) is 0 Å². The Labute approximate surface area is 148 Å². The summed E-state index contributed by atoms with van der Waals surface area (Å²) < 4.78 is 34.6. The Bertz CT molecular complexity index is 889. The second kappa shape index (κ2) is 8.06. The summed E-state index contributed by atoms with van der Waals surface area (Å²) in [5.74, 6) is 0.131. The maximum Gasteiger partial charge on any atom is 0.387 e. The minimum atomic E-state index is -2.94. The minimum Gasteiger partial charge on any atom is -0.438 e. The van der Waals surface area contributed by atoms with E-state index in [1.54, 1.807) is 42.5 Å². The van der Waals surface area contributed by atoms with Crippen LogP contribution in [0.2, 0.25) is 0 Å². The molecule has 0 saturated carbocycles. The van der Waals surface area contributed by atoms with Crippen LogP contribution in [0, 0.1) is 0 Å². The van der Waals surface area contributed by atoms with Crippen molar-refractivity contribution in [3.05, 3.63) is 78.5 Å². The van der Waals surface area contributed by atoms with Crippen molar-refractivity contribution in [1.82, 2.24) is 4.98 Å². The monoisotopic (exact) mass is 356 g/mol. The molecule has 0 spiro atoms. The van der Waals surface area contributed by atoms with E-state index in [9.17, 15) is 13.6 Å². The quantitative estimate of drug-likeness (QED) is 0.694. The van der Waals surface area contributed by atoms with E-state index in [-0.39, 0.29) is 17.2 Å². The summed E-state index contributed by atoms with van der Waals surface area (Å²) in [4.78, 5) is 16.6. The summed E-state index contributed by atoms with van der Waals surface area (Å²) in [7, 11) is 0. The molecular weight excluding hydrogens is 342 g/mol. The number of alkyl halides is 2. The number of aromatic nitrogens is 1. The zero-order valence-corrected chi connectivity index (χ0v) is 13.4. The van der Waals surface area contributed by atoms with Crippen LogP contribution in [0.1, 0.15) is 10.4 Å². The van der Waals surface area contributed by atoms with Crippen LogP contribution in [0.15, 0.2) is 72.9 Å². The van der Waals surface area contributed by atoms with Gasteiger partial charge in [0.2, 0.25) is 5.88 Å². The Morgan fingerprint density at radius 2 is 1.73 bits per heavy atom. The van der Waals surface area contributed by atoms with Gasteiger partial charge in [0.1, 0.15) is 17.1 Å². The van der Waals surface area contributed by atoms with Crippen LogP contribution in [0.25, 0.3) is 0 Å². The molecule has 0 fully saturated rings. The highest BCUT2D eigenvalue weighted by atomic mass is 19.3. The maximum absolute atomic E-state index is 12.5. The zero-order valence-electron chi connectivity index (χ0n) is 13.4. The molecule has 0 aliphatic rings. The summed E-state index contributed by atoms with van der Waals surface area (Å²) in [5, 5.41) is 2.61. The molecule has 1 aromatic heterocycles. The van der Waals surface area contributed by atoms with Gasteiger partial charge in [0.05, 0.1) is 0 Å². The van der Waals surface area contributed by atoms with Gasteiger partial charge in [-0.25, -0.2) is 4.98 Å². The fourth-order valence-corrected chi connectivity index (χ4v) is 2.19.